The van der Waals surface area contributed by atoms with Crippen molar-refractivity contribution in [3.63, 3.8) is 0 Å². The third-order valence-corrected chi connectivity index (χ3v) is 7.78. The van der Waals surface area contributed by atoms with Crippen LogP contribution in [0, 0.1) is 0 Å². The first-order valence-corrected chi connectivity index (χ1v) is 7.59. The van der Waals surface area contributed by atoms with Gasteiger partial charge in [0.25, 0.3) is 0 Å². The molecule has 13 heavy (non-hydrogen) atoms. The highest BCUT2D eigenvalue weighted by molar-refractivity contribution is 8.69. The van der Waals surface area contributed by atoms with E-state index in [1.807, 2.05) is 0 Å². The summed E-state index contributed by atoms with van der Waals surface area (Å²) in [6.07, 6.45) is 1.07. The molecular formula is C7H18O3S2Si. The fourth-order valence-corrected chi connectivity index (χ4v) is 4.56. The molecule has 0 rings (SSSR count). The molecule has 1 unspecified atom stereocenters. The van der Waals surface area contributed by atoms with E-state index < -0.39 is 15.1 Å². The Labute approximate surface area is 91.5 Å². The van der Waals surface area contributed by atoms with Crippen LogP contribution in [0.2, 0.25) is 0 Å². The molecule has 0 heterocycles. The zero-order valence-electron chi connectivity index (χ0n) is 8.57. The van der Waals surface area contributed by atoms with Gasteiger partial charge in [-0.15, -0.1) is 11.7 Å². The van der Waals surface area contributed by atoms with Gasteiger partial charge in [-0.2, -0.15) is 0 Å². The third kappa shape index (κ3) is 4.22. The largest absolute Gasteiger partial charge is 0.335 e. The molecule has 0 saturated heterocycles. The van der Waals surface area contributed by atoms with E-state index in [9.17, 15) is 0 Å². The Kier molecular flexibility index (Phi) is 7.57. The minimum Gasteiger partial charge on any atom is -0.335 e. The third-order valence-electron chi connectivity index (χ3n) is 2.02. The van der Waals surface area contributed by atoms with Crippen LogP contribution >= 0.6 is 22.5 Å². The fraction of sp³-hybridized carbons (Fsp3) is 1.00. The molecule has 3 nitrogen and oxygen atoms in total. The van der Waals surface area contributed by atoms with Crippen LogP contribution < -0.4 is 0 Å². The molecule has 0 aromatic heterocycles. The van der Waals surface area contributed by atoms with Gasteiger partial charge in [-0.05, 0) is 6.42 Å². The number of hydrogen-bond acceptors (Lipinski definition) is 5. The minimum absolute atomic E-state index is 0.503. The number of ether oxygens (including phenoxy) is 3. The van der Waals surface area contributed by atoms with Crippen LogP contribution in [0.5, 0.6) is 0 Å². The van der Waals surface area contributed by atoms with Crippen LogP contribution in [-0.2, 0) is 14.2 Å². The number of rotatable bonds is 7. The minimum atomic E-state index is -0.781. The topological polar surface area (TPSA) is 27.7 Å². The van der Waals surface area contributed by atoms with Crippen molar-refractivity contribution in [3.05, 3.63) is 0 Å². The maximum Gasteiger partial charge on any atom is 0.249 e. The lowest BCUT2D eigenvalue weighted by molar-refractivity contribution is -0.295. The zero-order chi connectivity index (χ0) is 10.3. The predicted octanol–water partition coefficient (Wildman–Crippen LogP) is 1.02. The molecule has 1 atom stereocenters. The smallest absolute Gasteiger partial charge is 0.249 e. The van der Waals surface area contributed by atoms with Gasteiger partial charge >= 0.3 is 0 Å². The van der Waals surface area contributed by atoms with Gasteiger partial charge in [0, 0.05) is 26.2 Å². The normalized spacial score (nSPS) is 15.5. The SMILES string of the molecule is CCC([SiH2]C(OC)(OC)OC)SS. The molecule has 0 amide bonds. The molecule has 0 aromatic carbocycles. The van der Waals surface area contributed by atoms with Crippen molar-refractivity contribution in [2.45, 2.75) is 23.8 Å². The van der Waals surface area contributed by atoms with Gasteiger partial charge in [-0.25, -0.2) is 0 Å². The number of thiol groups is 1. The summed E-state index contributed by atoms with van der Waals surface area (Å²) in [4.78, 5) is 0.503. The van der Waals surface area contributed by atoms with E-state index in [-0.39, 0.29) is 0 Å². The molecule has 0 saturated carbocycles. The van der Waals surface area contributed by atoms with Crippen molar-refractivity contribution in [1.82, 2.24) is 0 Å². The highest BCUT2D eigenvalue weighted by Crippen LogP contribution is 2.23. The van der Waals surface area contributed by atoms with Crippen molar-refractivity contribution in [1.29, 1.82) is 0 Å². The van der Waals surface area contributed by atoms with Gasteiger partial charge in [0.2, 0.25) is 5.60 Å². The van der Waals surface area contributed by atoms with Crippen molar-refractivity contribution in [2.24, 2.45) is 0 Å². The van der Waals surface area contributed by atoms with E-state index >= 15 is 0 Å². The van der Waals surface area contributed by atoms with Gasteiger partial charge in [0.05, 0.1) is 0 Å². The molecule has 0 aliphatic carbocycles. The van der Waals surface area contributed by atoms with Crippen LogP contribution in [0.3, 0.4) is 0 Å². The lowest BCUT2D eigenvalue weighted by Gasteiger charge is -2.31. The summed E-state index contributed by atoms with van der Waals surface area (Å²) < 4.78 is 15.7. The Balaban J connectivity index is 4.21. The average Bonchev–Trinajstić information content (AvgIpc) is 2.21. The molecule has 0 bridgehead atoms. The molecule has 0 fully saturated rings. The van der Waals surface area contributed by atoms with Gasteiger partial charge in [0.1, 0.15) is 9.52 Å². The molecule has 0 aliphatic rings. The van der Waals surface area contributed by atoms with E-state index in [2.05, 4.69) is 18.6 Å². The standard InChI is InChI=1S/C7H18O3S2Si/c1-5-6(12-11)13-7(8-2,9-3)10-4/h6,11H,5,13H2,1-4H3. The summed E-state index contributed by atoms with van der Waals surface area (Å²) in [5.74, 6) is 0. The van der Waals surface area contributed by atoms with Crippen LogP contribution in [-0.4, -0.2) is 41.3 Å². The molecule has 80 valence electrons. The number of hydrogen-bond donors (Lipinski definition) is 1. The quantitative estimate of drug-likeness (QED) is 0.312. The second-order valence-corrected chi connectivity index (χ2v) is 7.00. The van der Waals surface area contributed by atoms with Crippen molar-refractivity contribution in [2.75, 3.05) is 21.3 Å². The molecule has 6 heteroatoms. The molecule has 0 radical (unpaired) electrons. The highest BCUT2D eigenvalue weighted by Gasteiger charge is 2.32. The predicted molar refractivity (Wildman–Crippen MR) is 63.0 cm³/mol. The van der Waals surface area contributed by atoms with Crippen molar-refractivity contribution in [3.8, 4) is 0 Å². The van der Waals surface area contributed by atoms with Crippen LogP contribution in [0.15, 0.2) is 0 Å². The van der Waals surface area contributed by atoms with Gasteiger partial charge in [-0.1, -0.05) is 17.7 Å². The lowest BCUT2D eigenvalue weighted by atomic mass is 10.6. The molecular weight excluding hydrogens is 224 g/mol. The molecule has 0 aromatic rings. The fourth-order valence-electron chi connectivity index (χ4n) is 1.03. The van der Waals surface area contributed by atoms with Crippen molar-refractivity contribution >= 4 is 32.0 Å². The molecule has 0 N–H and O–H groups in total. The summed E-state index contributed by atoms with van der Waals surface area (Å²) in [5.41, 5.74) is -0.781. The van der Waals surface area contributed by atoms with E-state index in [1.54, 1.807) is 32.1 Å². The highest BCUT2D eigenvalue weighted by atomic mass is 33.1. The molecule has 0 aliphatic heterocycles. The zero-order valence-corrected chi connectivity index (χ0v) is 11.7. The first-order valence-electron chi connectivity index (χ1n) is 4.13. The summed E-state index contributed by atoms with van der Waals surface area (Å²) in [5, 5.41) is 0. The van der Waals surface area contributed by atoms with Gasteiger partial charge in [0.15, 0.2) is 0 Å². The summed E-state index contributed by atoms with van der Waals surface area (Å²) >= 11 is 4.21. The van der Waals surface area contributed by atoms with Gasteiger partial charge < -0.3 is 14.2 Å². The second-order valence-electron chi connectivity index (χ2n) is 2.64. The lowest BCUT2D eigenvalue weighted by Crippen LogP contribution is -2.46. The maximum absolute atomic E-state index is 5.24. The first-order chi connectivity index (χ1) is 6.17. The first kappa shape index (κ1) is 13.8. The summed E-state index contributed by atoms with van der Waals surface area (Å²) in [6.45, 7) is 2.13. The van der Waals surface area contributed by atoms with Gasteiger partial charge in [-0.3, -0.25) is 0 Å². The second kappa shape index (κ2) is 7.14. The summed E-state index contributed by atoms with van der Waals surface area (Å²) in [7, 11) is 5.73. The Bertz CT molecular complexity index is 121. The number of methoxy groups -OCH3 is 3. The van der Waals surface area contributed by atoms with Crippen LogP contribution in [0.4, 0.5) is 0 Å². The maximum atomic E-state index is 5.24. The molecule has 0 spiro atoms. The van der Waals surface area contributed by atoms with E-state index in [1.165, 1.54) is 0 Å². The Hall–Kier alpha value is 0.797. The van der Waals surface area contributed by atoms with E-state index in [0.717, 1.165) is 6.42 Å². The van der Waals surface area contributed by atoms with E-state index in [4.69, 9.17) is 14.2 Å². The van der Waals surface area contributed by atoms with Crippen LogP contribution in [0.1, 0.15) is 13.3 Å². The van der Waals surface area contributed by atoms with Crippen LogP contribution in [0.25, 0.3) is 0 Å². The Morgan fingerprint density at radius 2 is 1.77 bits per heavy atom. The summed E-state index contributed by atoms with van der Waals surface area (Å²) in [6, 6.07) is 0. The van der Waals surface area contributed by atoms with E-state index in [0.29, 0.717) is 4.87 Å². The Morgan fingerprint density at radius 1 is 1.31 bits per heavy atom. The monoisotopic (exact) mass is 242 g/mol. The Morgan fingerprint density at radius 3 is 2.00 bits per heavy atom. The van der Waals surface area contributed by atoms with Crippen molar-refractivity contribution < 1.29 is 14.2 Å². The average molecular weight is 242 g/mol.